The van der Waals surface area contributed by atoms with E-state index in [4.69, 9.17) is 0 Å². The molecule has 2 unspecified atom stereocenters. The number of carbonyl (C=O) groups excluding carboxylic acids is 1. The van der Waals surface area contributed by atoms with E-state index in [1.54, 1.807) is 19.2 Å². The molecule has 1 saturated carbocycles. The lowest BCUT2D eigenvalue weighted by molar-refractivity contribution is 0.0957. The molecule has 0 aromatic carbocycles. The van der Waals surface area contributed by atoms with Crippen LogP contribution in [0.2, 0.25) is 0 Å². The van der Waals surface area contributed by atoms with E-state index >= 15 is 0 Å². The summed E-state index contributed by atoms with van der Waals surface area (Å²) < 4.78 is 0. The predicted molar refractivity (Wildman–Crippen MR) is 76.5 cm³/mol. The van der Waals surface area contributed by atoms with Crippen LogP contribution in [-0.4, -0.2) is 40.4 Å². The van der Waals surface area contributed by atoms with Crippen molar-refractivity contribution in [2.24, 2.45) is 5.92 Å². The summed E-state index contributed by atoms with van der Waals surface area (Å²) in [5, 5.41) is 23.5. The number of amides is 1. The molecule has 1 fully saturated rings. The molecule has 2 rings (SSSR count). The van der Waals surface area contributed by atoms with Gasteiger partial charge in [0.15, 0.2) is 5.69 Å². The van der Waals surface area contributed by atoms with Crippen LogP contribution < -0.4 is 10.6 Å². The molecular weight excluding hydrogens is 256 g/mol. The van der Waals surface area contributed by atoms with Crippen molar-refractivity contribution in [2.45, 2.75) is 38.1 Å². The third-order valence-corrected chi connectivity index (χ3v) is 3.91. The molecule has 6 nitrogen and oxygen atoms in total. The molecule has 1 aromatic heterocycles. The van der Waals surface area contributed by atoms with Gasteiger partial charge in [0.1, 0.15) is 5.82 Å². The van der Waals surface area contributed by atoms with E-state index < -0.39 is 0 Å². The predicted octanol–water partition coefficient (Wildman–Crippen LogP) is 1.19. The van der Waals surface area contributed by atoms with Crippen molar-refractivity contribution in [1.82, 2.24) is 15.5 Å². The summed E-state index contributed by atoms with van der Waals surface area (Å²) >= 11 is 0. The number of hydrogen-bond acceptors (Lipinski definition) is 5. The van der Waals surface area contributed by atoms with Gasteiger partial charge in [-0.25, -0.2) is 0 Å². The highest BCUT2D eigenvalue weighted by atomic mass is 16.3. The molecule has 0 radical (unpaired) electrons. The van der Waals surface area contributed by atoms with Gasteiger partial charge in [-0.05, 0) is 30.9 Å². The number of anilines is 1. The zero-order valence-corrected chi connectivity index (χ0v) is 12.0. The summed E-state index contributed by atoms with van der Waals surface area (Å²) in [4.78, 5) is 11.4. The van der Waals surface area contributed by atoms with E-state index in [0.717, 1.165) is 19.3 Å². The Hall–Kier alpha value is -1.69. The van der Waals surface area contributed by atoms with Gasteiger partial charge in [-0.1, -0.05) is 19.8 Å². The first kappa shape index (κ1) is 14.7. The summed E-state index contributed by atoms with van der Waals surface area (Å²) in [6, 6.07) is 3.36. The van der Waals surface area contributed by atoms with E-state index in [2.05, 4.69) is 27.8 Å². The summed E-state index contributed by atoms with van der Waals surface area (Å²) in [5.74, 6) is 0.925. The molecule has 1 aromatic rings. The number of hydrogen-bond donors (Lipinski definition) is 3. The summed E-state index contributed by atoms with van der Waals surface area (Å²) in [5.41, 5.74) is -0.0333. The fraction of sp³-hybridized carbons (Fsp3) is 0.643. The maximum Gasteiger partial charge on any atom is 0.271 e. The van der Waals surface area contributed by atoms with Gasteiger partial charge in [-0.15, -0.1) is 10.2 Å². The smallest absolute Gasteiger partial charge is 0.271 e. The van der Waals surface area contributed by atoms with Crippen LogP contribution in [0.15, 0.2) is 12.1 Å². The monoisotopic (exact) mass is 278 g/mol. The van der Waals surface area contributed by atoms with Gasteiger partial charge in [0.2, 0.25) is 0 Å². The molecule has 0 saturated heterocycles. The first-order valence-corrected chi connectivity index (χ1v) is 7.03. The van der Waals surface area contributed by atoms with E-state index in [1.807, 2.05) is 0 Å². The molecule has 0 aliphatic heterocycles. The van der Waals surface area contributed by atoms with Crippen molar-refractivity contribution in [3.05, 3.63) is 17.8 Å². The molecule has 2 atom stereocenters. The van der Waals surface area contributed by atoms with Gasteiger partial charge in [0, 0.05) is 7.05 Å². The van der Waals surface area contributed by atoms with Gasteiger partial charge in [0.25, 0.3) is 5.91 Å². The first-order valence-electron chi connectivity index (χ1n) is 7.03. The zero-order chi connectivity index (χ0) is 14.6. The van der Waals surface area contributed by atoms with Crippen molar-refractivity contribution < 1.29 is 9.90 Å². The molecule has 6 heteroatoms. The van der Waals surface area contributed by atoms with Gasteiger partial charge < -0.3 is 15.7 Å². The van der Waals surface area contributed by atoms with Gasteiger partial charge in [0.05, 0.1) is 12.1 Å². The van der Waals surface area contributed by atoms with Gasteiger partial charge in [-0.2, -0.15) is 0 Å². The van der Waals surface area contributed by atoms with Crippen LogP contribution in [0.25, 0.3) is 0 Å². The fourth-order valence-corrected chi connectivity index (χ4v) is 2.88. The average Bonchev–Trinajstić information content (AvgIpc) is 2.47. The minimum absolute atomic E-state index is 0.0796. The second kappa shape index (κ2) is 6.17. The third-order valence-electron chi connectivity index (χ3n) is 3.91. The number of aromatic nitrogens is 2. The standard InChI is InChI=1S/C14H22N4O2/c1-10-4-3-7-14(8-10,9-19)16-12-6-5-11(17-18-12)13(20)15-2/h5-6,10,19H,3-4,7-9H2,1-2H3,(H,15,20)(H,16,18). The number of nitrogens with one attached hydrogen (secondary N) is 2. The molecule has 0 spiro atoms. The number of rotatable bonds is 4. The van der Waals surface area contributed by atoms with E-state index in [1.165, 1.54) is 6.42 Å². The van der Waals surface area contributed by atoms with Crippen molar-refractivity contribution >= 4 is 11.7 Å². The first-order chi connectivity index (χ1) is 9.58. The topological polar surface area (TPSA) is 87.1 Å². The van der Waals surface area contributed by atoms with Crippen molar-refractivity contribution in [1.29, 1.82) is 0 Å². The molecular formula is C14H22N4O2. The Labute approximate surface area is 119 Å². The second-order valence-electron chi connectivity index (χ2n) is 5.65. The van der Waals surface area contributed by atoms with Crippen LogP contribution in [0, 0.1) is 5.92 Å². The van der Waals surface area contributed by atoms with Gasteiger partial charge >= 0.3 is 0 Å². The van der Waals surface area contributed by atoms with Crippen LogP contribution in [0.4, 0.5) is 5.82 Å². The minimum atomic E-state index is -0.319. The van der Waals surface area contributed by atoms with Crippen LogP contribution in [-0.2, 0) is 0 Å². The van der Waals surface area contributed by atoms with E-state index in [9.17, 15) is 9.90 Å². The normalized spacial score (nSPS) is 26.1. The fourth-order valence-electron chi connectivity index (χ4n) is 2.88. The maximum absolute atomic E-state index is 11.4. The highest BCUT2D eigenvalue weighted by Gasteiger charge is 2.34. The van der Waals surface area contributed by atoms with Crippen LogP contribution >= 0.6 is 0 Å². The summed E-state index contributed by atoms with van der Waals surface area (Å²) in [6.07, 6.45) is 4.14. The summed E-state index contributed by atoms with van der Waals surface area (Å²) in [6.45, 7) is 2.28. The lowest BCUT2D eigenvalue weighted by Gasteiger charge is -2.39. The quantitative estimate of drug-likeness (QED) is 0.770. The maximum atomic E-state index is 11.4. The second-order valence-corrected chi connectivity index (χ2v) is 5.65. The van der Waals surface area contributed by atoms with Crippen molar-refractivity contribution in [2.75, 3.05) is 19.0 Å². The Balaban J connectivity index is 2.09. The Morgan fingerprint density at radius 2 is 2.30 bits per heavy atom. The van der Waals surface area contributed by atoms with Crippen LogP contribution in [0.3, 0.4) is 0 Å². The highest BCUT2D eigenvalue weighted by Crippen LogP contribution is 2.34. The molecule has 20 heavy (non-hydrogen) atoms. The number of aliphatic hydroxyl groups excluding tert-OH is 1. The molecule has 1 aliphatic carbocycles. The molecule has 1 aliphatic rings. The molecule has 1 heterocycles. The minimum Gasteiger partial charge on any atom is -0.394 e. The SMILES string of the molecule is CNC(=O)c1ccc(NC2(CO)CCCC(C)C2)nn1. The third kappa shape index (κ3) is 3.25. The van der Waals surface area contributed by atoms with Crippen molar-refractivity contribution in [3.63, 3.8) is 0 Å². The summed E-state index contributed by atoms with van der Waals surface area (Å²) in [7, 11) is 1.56. The van der Waals surface area contributed by atoms with Crippen LogP contribution in [0.5, 0.6) is 0 Å². The Kier molecular flexibility index (Phi) is 4.54. The molecule has 1 amide bonds. The van der Waals surface area contributed by atoms with Gasteiger partial charge in [-0.3, -0.25) is 4.79 Å². The average molecular weight is 278 g/mol. The Morgan fingerprint density at radius 1 is 1.50 bits per heavy atom. The number of aliphatic hydroxyl groups is 1. The Morgan fingerprint density at radius 3 is 2.85 bits per heavy atom. The molecule has 0 bridgehead atoms. The van der Waals surface area contributed by atoms with E-state index in [-0.39, 0.29) is 23.7 Å². The lowest BCUT2D eigenvalue weighted by Crippen LogP contribution is -2.46. The Bertz CT molecular complexity index is 463. The van der Waals surface area contributed by atoms with Crippen molar-refractivity contribution in [3.8, 4) is 0 Å². The number of nitrogens with zero attached hydrogens (tertiary/aromatic N) is 2. The lowest BCUT2D eigenvalue weighted by atomic mass is 9.77. The highest BCUT2D eigenvalue weighted by molar-refractivity contribution is 5.91. The number of carbonyl (C=O) groups is 1. The zero-order valence-electron chi connectivity index (χ0n) is 12.0. The molecule has 110 valence electrons. The largest absolute Gasteiger partial charge is 0.394 e. The molecule has 3 N–H and O–H groups in total. The van der Waals surface area contributed by atoms with E-state index in [0.29, 0.717) is 11.7 Å². The van der Waals surface area contributed by atoms with Crippen LogP contribution in [0.1, 0.15) is 43.1 Å².